The van der Waals surface area contributed by atoms with E-state index in [4.69, 9.17) is 9.47 Å². The Labute approximate surface area is 203 Å². The Morgan fingerprint density at radius 2 is 1.86 bits per heavy atom. The topological polar surface area (TPSA) is 96.6 Å². The number of aromatic nitrogens is 2. The number of amides is 1. The van der Waals surface area contributed by atoms with Crippen molar-refractivity contribution in [2.45, 2.75) is 13.0 Å². The van der Waals surface area contributed by atoms with Crippen LogP contribution in [-0.4, -0.2) is 82.5 Å². The number of fused-ring (bicyclic) bond motifs is 1. The highest BCUT2D eigenvalue weighted by molar-refractivity contribution is 6.46. The van der Waals surface area contributed by atoms with Crippen LogP contribution < -0.4 is 4.74 Å². The summed E-state index contributed by atoms with van der Waals surface area (Å²) >= 11 is 0. The predicted molar refractivity (Wildman–Crippen MR) is 129 cm³/mol. The van der Waals surface area contributed by atoms with Crippen LogP contribution in [0.1, 0.15) is 23.0 Å². The SMILES string of the molecule is COc1ccccc1[C@@H]1/C(=C(\O)c2c(C)nc3ccccn23)C(=O)C(=O)N1CCN1CCOCC1. The highest BCUT2D eigenvalue weighted by atomic mass is 16.5. The summed E-state index contributed by atoms with van der Waals surface area (Å²) < 4.78 is 12.7. The van der Waals surface area contributed by atoms with Gasteiger partial charge in [-0.3, -0.25) is 18.9 Å². The van der Waals surface area contributed by atoms with Crippen LogP contribution in [0.3, 0.4) is 0 Å². The number of hydrogen-bond acceptors (Lipinski definition) is 7. The molecular formula is C26H28N4O5. The Bertz CT molecular complexity index is 1310. The van der Waals surface area contributed by atoms with Gasteiger partial charge in [0, 0.05) is 37.9 Å². The quantitative estimate of drug-likeness (QED) is 0.332. The first-order valence-electron chi connectivity index (χ1n) is 11.7. The van der Waals surface area contributed by atoms with Crippen LogP contribution in [-0.2, 0) is 14.3 Å². The fourth-order valence-electron chi connectivity index (χ4n) is 4.93. The molecule has 2 aliphatic heterocycles. The third kappa shape index (κ3) is 4.06. The number of imidazole rings is 1. The third-order valence-corrected chi connectivity index (χ3v) is 6.66. The van der Waals surface area contributed by atoms with Gasteiger partial charge >= 0.3 is 0 Å². The van der Waals surface area contributed by atoms with Crippen LogP contribution >= 0.6 is 0 Å². The number of para-hydroxylation sites is 1. The van der Waals surface area contributed by atoms with Gasteiger partial charge in [0.05, 0.1) is 37.6 Å². The second kappa shape index (κ2) is 9.52. The number of nitrogens with zero attached hydrogens (tertiary/aromatic N) is 4. The van der Waals surface area contributed by atoms with E-state index < -0.39 is 17.7 Å². The van der Waals surface area contributed by atoms with Crippen molar-refractivity contribution in [2.24, 2.45) is 0 Å². The molecule has 9 heteroatoms. The second-order valence-corrected chi connectivity index (χ2v) is 8.66. The Balaban J connectivity index is 1.64. The van der Waals surface area contributed by atoms with Crippen molar-refractivity contribution in [1.29, 1.82) is 0 Å². The molecule has 0 spiro atoms. The van der Waals surface area contributed by atoms with Crippen LogP contribution in [0.25, 0.3) is 11.4 Å². The van der Waals surface area contributed by atoms with E-state index in [-0.39, 0.29) is 11.3 Å². The number of morpholine rings is 1. The number of aryl methyl sites for hydroxylation is 1. The molecule has 0 saturated carbocycles. The summed E-state index contributed by atoms with van der Waals surface area (Å²) in [4.78, 5) is 35.0. The zero-order chi connectivity index (χ0) is 24.5. The minimum Gasteiger partial charge on any atom is -0.505 e. The second-order valence-electron chi connectivity index (χ2n) is 8.66. The number of methoxy groups -OCH3 is 1. The molecule has 2 aliphatic rings. The van der Waals surface area contributed by atoms with E-state index in [1.807, 2.05) is 36.4 Å². The Kier molecular flexibility index (Phi) is 6.27. The van der Waals surface area contributed by atoms with Crippen molar-refractivity contribution in [3.63, 3.8) is 0 Å². The van der Waals surface area contributed by atoms with Crippen LogP contribution in [0.4, 0.5) is 0 Å². The van der Waals surface area contributed by atoms with Gasteiger partial charge in [0.2, 0.25) is 0 Å². The minimum absolute atomic E-state index is 0.0373. The van der Waals surface area contributed by atoms with E-state index in [2.05, 4.69) is 9.88 Å². The fourth-order valence-corrected chi connectivity index (χ4v) is 4.93. The molecule has 182 valence electrons. The van der Waals surface area contributed by atoms with Crippen LogP contribution in [0.2, 0.25) is 0 Å². The summed E-state index contributed by atoms with van der Waals surface area (Å²) in [5, 5.41) is 11.6. The summed E-state index contributed by atoms with van der Waals surface area (Å²) in [5.74, 6) is -1.06. The molecule has 0 radical (unpaired) electrons. The molecule has 35 heavy (non-hydrogen) atoms. The first kappa shape index (κ1) is 23.1. The number of ether oxygens (including phenoxy) is 2. The monoisotopic (exact) mass is 476 g/mol. The Hall–Kier alpha value is -3.69. The summed E-state index contributed by atoms with van der Waals surface area (Å²) in [7, 11) is 1.55. The van der Waals surface area contributed by atoms with Gasteiger partial charge in [0.25, 0.3) is 11.7 Å². The number of aliphatic hydroxyl groups is 1. The molecule has 2 saturated heterocycles. The van der Waals surface area contributed by atoms with Gasteiger partial charge in [-0.2, -0.15) is 0 Å². The summed E-state index contributed by atoms with van der Waals surface area (Å²) in [5.41, 5.74) is 2.28. The lowest BCUT2D eigenvalue weighted by atomic mass is 9.95. The third-order valence-electron chi connectivity index (χ3n) is 6.66. The highest BCUT2D eigenvalue weighted by Crippen LogP contribution is 2.42. The van der Waals surface area contributed by atoms with E-state index in [0.29, 0.717) is 54.7 Å². The zero-order valence-corrected chi connectivity index (χ0v) is 19.8. The van der Waals surface area contributed by atoms with Crippen LogP contribution in [0, 0.1) is 6.92 Å². The molecule has 0 aliphatic carbocycles. The molecular weight excluding hydrogens is 448 g/mol. The number of carbonyl (C=O) groups excluding carboxylic acids is 2. The number of hydrogen-bond donors (Lipinski definition) is 1. The van der Waals surface area contributed by atoms with Crippen LogP contribution in [0.5, 0.6) is 5.75 Å². The molecule has 0 unspecified atom stereocenters. The normalized spacial score (nSPS) is 20.6. The Morgan fingerprint density at radius 1 is 1.11 bits per heavy atom. The molecule has 2 aromatic heterocycles. The molecule has 0 bridgehead atoms. The standard InChI is InChI=1S/C26H28N4O5/c1-17-22(29-10-6-5-9-20(29)27-17)24(31)21-23(18-7-3-4-8-19(18)34-2)30(26(33)25(21)32)12-11-28-13-15-35-16-14-28/h3-10,23,31H,11-16H2,1-2H3/b24-21+/t23-/m1/s1. The molecule has 9 nitrogen and oxygen atoms in total. The predicted octanol–water partition coefficient (Wildman–Crippen LogP) is 2.41. The molecule has 1 atom stereocenters. The zero-order valence-electron chi connectivity index (χ0n) is 19.8. The maximum Gasteiger partial charge on any atom is 0.295 e. The van der Waals surface area contributed by atoms with E-state index in [0.717, 1.165) is 13.1 Å². The summed E-state index contributed by atoms with van der Waals surface area (Å²) in [6, 6.07) is 12.0. The van der Waals surface area contributed by atoms with Gasteiger partial charge in [0.15, 0.2) is 5.76 Å². The fraction of sp³-hybridized carbons (Fsp3) is 0.346. The lowest BCUT2D eigenvalue weighted by Gasteiger charge is -2.31. The summed E-state index contributed by atoms with van der Waals surface area (Å²) in [6.07, 6.45) is 1.77. The van der Waals surface area contributed by atoms with Crippen molar-refractivity contribution in [1.82, 2.24) is 19.2 Å². The average Bonchev–Trinajstić information content (AvgIpc) is 3.35. The maximum absolute atomic E-state index is 13.4. The van der Waals surface area contributed by atoms with Crippen LogP contribution in [0.15, 0.2) is 54.2 Å². The molecule has 1 amide bonds. The first-order valence-corrected chi connectivity index (χ1v) is 11.7. The van der Waals surface area contributed by atoms with Gasteiger partial charge < -0.3 is 19.5 Å². The molecule has 5 rings (SSSR count). The van der Waals surface area contributed by atoms with E-state index >= 15 is 0 Å². The van der Waals surface area contributed by atoms with E-state index in [9.17, 15) is 14.7 Å². The van der Waals surface area contributed by atoms with Gasteiger partial charge in [-0.15, -0.1) is 0 Å². The smallest absolute Gasteiger partial charge is 0.295 e. The first-order chi connectivity index (χ1) is 17.0. The van der Waals surface area contributed by atoms with Crippen molar-refractivity contribution in [2.75, 3.05) is 46.5 Å². The molecule has 4 heterocycles. The largest absolute Gasteiger partial charge is 0.505 e. The van der Waals surface area contributed by atoms with Gasteiger partial charge in [-0.25, -0.2) is 4.98 Å². The van der Waals surface area contributed by atoms with Gasteiger partial charge in [-0.1, -0.05) is 24.3 Å². The lowest BCUT2D eigenvalue weighted by Crippen LogP contribution is -2.42. The van der Waals surface area contributed by atoms with Crippen molar-refractivity contribution >= 4 is 23.1 Å². The number of benzene rings is 1. The van der Waals surface area contributed by atoms with Gasteiger partial charge in [0.1, 0.15) is 17.1 Å². The number of rotatable bonds is 6. The lowest BCUT2D eigenvalue weighted by molar-refractivity contribution is -0.140. The van der Waals surface area contributed by atoms with E-state index in [1.54, 1.807) is 35.6 Å². The highest BCUT2D eigenvalue weighted by Gasteiger charge is 2.47. The summed E-state index contributed by atoms with van der Waals surface area (Å²) in [6.45, 7) is 5.51. The number of carbonyl (C=O) groups is 2. The molecule has 3 aromatic rings. The number of ketones is 1. The van der Waals surface area contributed by atoms with Gasteiger partial charge in [-0.05, 0) is 25.1 Å². The maximum atomic E-state index is 13.4. The van der Waals surface area contributed by atoms with Crippen molar-refractivity contribution in [3.8, 4) is 5.75 Å². The number of pyridine rings is 1. The van der Waals surface area contributed by atoms with E-state index in [1.165, 1.54) is 0 Å². The number of aliphatic hydroxyl groups excluding tert-OH is 1. The molecule has 1 N–H and O–H groups in total. The molecule has 2 fully saturated rings. The average molecular weight is 477 g/mol. The minimum atomic E-state index is -0.791. The Morgan fingerprint density at radius 3 is 2.63 bits per heavy atom. The van der Waals surface area contributed by atoms with Crippen molar-refractivity contribution < 1.29 is 24.2 Å². The molecule has 1 aromatic carbocycles. The number of likely N-dealkylation sites (tertiary alicyclic amines) is 1. The van der Waals surface area contributed by atoms with Crippen molar-refractivity contribution in [3.05, 3.63) is 71.2 Å². The number of Topliss-reactive ketones (excluding diaryl/α,β-unsaturated/α-hetero) is 1.